The molecule has 1 aromatic carbocycles. The number of anilines is 1. The van der Waals surface area contributed by atoms with Crippen molar-refractivity contribution in [1.29, 1.82) is 0 Å². The van der Waals surface area contributed by atoms with Crippen molar-refractivity contribution in [3.05, 3.63) is 42.2 Å². The third kappa shape index (κ3) is 4.48. The van der Waals surface area contributed by atoms with Crippen molar-refractivity contribution in [2.75, 3.05) is 5.32 Å². The van der Waals surface area contributed by atoms with E-state index in [1.54, 1.807) is 17.7 Å². The number of amides is 1. The molecular weight excluding hydrogens is 352 g/mol. The monoisotopic (exact) mass is 372 g/mol. The molecule has 3 aromatic rings. The van der Waals surface area contributed by atoms with Crippen molar-refractivity contribution in [2.24, 2.45) is 0 Å². The maximum atomic E-state index is 12.7. The molecule has 2 heterocycles. The normalized spacial score (nSPS) is 12.1. The zero-order chi connectivity index (χ0) is 18.4. The summed E-state index contributed by atoms with van der Waals surface area (Å²) in [5.74, 6) is 0.919. The van der Waals surface area contributed by atoms with Gasteiger partial charge < -0.3 is 9.84 Å². The Bertz CT molecular complexity index is 848. The first-order valence-electron chi connectivity index (χ1n) is 8.42. The Morgan fingerprint density at radius 1 is 1.35 bits per heavy atom. The van der Waals surface area contributed by atoms with Crippen molar-refractivity contribution in [2.45, 2.75) is 43.5 Å². The molecule has 1 unspecified atom stereocenters. The number of benzene rings is 1. The highest BCUT2D eigenvalue weighted by Crippen LogP contribution is 2.27. The first kappa shape index (κ1) is 18.1. The molecule has 0 saturated carbocycles. The Morgan fingerprint density at radius 3 is 2.85 bits per heavy atom. The maximum absolute atomic E-state index is 12.7. The highest BCUT2D eigenvalue weighted by Gasteiger charge is 2.24. The number of thioether (sulfide) groups is 1. The van der Waals surface area contributed by atoms with Gasteiger partial charge in [-0.2, -0.15) is 4.68 Å². The van der Waals surface area contributed by atoms with Gasteiger partial charge in [-0.05, 0) is 35.9 Å². The number of nitrogens with one attached hydrogen (secondary N) is 1. The number of carbonyl (C=O) groups is 1. The van der Waals surface area contributed by atoms with E-state index in [-0.39, 0.29) is 11.2 Å². The predicted molar refractivity (Wildman–Crippen MR) is 98.2 cm³/mol. The van der Waals surface area contributed by atoms with E-state index >= 15 is 0 Å². The molecule has 0 radical (unpaired) electrons. The highest BCUT2D eigenvalue weighted by molar-refractivity contribution is 8.00. The average molecular weight is 372 g/mol. The third-order valence-corrected chi connectivity index (χ3v) is 4.88. The number of unbranched alkanes of at least 4 members (excludes halogenated alkanes) is 1. The molecule has 1 atom stereocenters. The molecule has 0 fully saturated rings. The van der Waals surface area contributed by atoms with E-state index in [0.29, 0.717) is 23.2 Å². The van der Waals surface area contributed by atoms with E-state index in [4.69, 9.17) is 4.52 Å². The molecule has 0 aliphatic carbocycles. The van der Waals surface area contributed by atoms with Crippen molar-refractivity contribution < 1.29 is 9.32 Å². The molecule has 136 valence electrons. The van der Waals surface area contributed by atoms with Crippen LogP contribution in [0.4, 0.5) is 5.82 Å². The van der Waals surface area contributed by atoms with Gasteiger partial charge >= 0.3 is 0 Å². The number of rotatable bonds is 8. The Hall–Kier alpha value is -2.68. The van der Waals surface area contributed by atoms with Crippen molar-refractivity contribution in [3.63, 3.8) is 0 Å². The van der Waals surface area contributed by atoms with Crippen LogP contribution in [0.15, 0.2) is 46.1 Å². The molecule has 1 amide bonds. The van der Waals surface area contributed by atoms with E-state index in [9.17, 15) is 4.79 Å². The Labute approximate surface area is 155 Å². The second-order valence-corrected chi connectivity index (χ2v) is 6.94. The number of carbonyl (C=O) groups excluding carboxylic acids is 1. The lowest BCUT2D eigenvalue weighted by atomic mass is 10.2. The van der Waals surface area contributed by atoms with Crippen LogP contribution in [-0.2, 0) is 4.79 Å². The fraction of sp³-hybridized carbons (Fsp3) is 0.353. The van der Waals surface area contributed by atoms with Gasteiger partial charge in [-0.15, -0.1) is 5.10 Å². The van der Waals surface area contributed by atoms with E-state index < -0.39 is 0 Å². The van der Waals surface area contributed by atoms with Crippen LogP contribution >= 0.6 is 11.8 Å². The van der Waals surface area contributed by atoms with Crippen LogP contribution in [0.2, 0.25) is 0 Å². The zero-order valence-corrected chi connectivity index (χ0v) is 15.4. The Kier molecular flexibility index (Phi) is 6.00. The predicted octanol–water partition coefficient (Wildman–Crippen LogP) is 3.25. The minimum absolute atomic E-state index is 0.139. The number of tetrazole rings is 1. The van der Waals surface area contributed by atoms with Crippen molar-refractivity contribution in [1.82, 2.24) is 25.4 Å². The Morgan fingerprint density at radius 2 is 2.15 bits per heavy atom. The number of hydrogen-bond donors (Lipinski definition) is 1. The van der Waals surface area contributed by atoms with Gasteiger partial charge in [0.25, 0.3) is 0 Å². The summed E-state index contributed by atoms with van der Waals surface area (Å²) < 4.78 is 6.64. The second kappa shape index (κ2) is 8.61. The van der Waals surface area contributed by atoms with Gasteiger partial charge in [-0.25, -0.2) is 0 Å². The van der Waals surface area contributed by atoms with E-state index in [0.717, 1.165) is 18.5 Å². The molecular formula is C17H20N6O2S. The lowest BCUT2D eigenvalue weighted by Crippen LogP contribution is -2.26. The van der Waals surface area contributed by atoms with Crippen LogP contribution < -0.4 is 5.32 Å². The number of para-hydroxylation sites is 1. The molecule has 0 aliphatic heterocycles. The molecule has 3 rings (SSSR count). The molecule has 2 aromatic heterocycles. The van der Waals surface area contributed by atoms with Gasteiger partial charge in [0.1, 0.15) is 5.76 Å². The van der Waals surface area contributed by atoms with Gasteiger partial charge in [0.2, 0.25) is 11.1 Å². The molecule has 1 N–H and O–H groups in total. The van der Waals surface area contributed by atoms with Crippen LogP contribution in [0.25, 0.3) is 5.69 Å². The minimum atomic E-state index is -0.333. The van der Waals surface area contributed by atoms with Crippen LogP contribution in [0.1, 0.15) is 31.9 Å². The van der Waals surface area contributed by atoms with Crippen LogP contribution in [0.5, 0.6) is 0 Å². The fourth-order valence-corrected chi connectivity index (χ4v) is 3.41. The van der Waals surface area contributed by atoms with E-state index in [2.05, 4.69) is 32.9 Å². The van der Waals surface area contributed by atoms with Gasteiger partial charge in [0.05, 0.1) is 10.9 Å². The van der Waals surface area contributed by atoms with Crippen LogP contribution in [-0.4, -0.2) is 36.5 Å². The first-order valence-corrected chi connectivity index (χ1v) is 9.30. The lowest BCUT2D eigenvalue weighted by molar-refractivity contribution is -0.115. The molecule has 9 heteroatoms. The highest BCUT2D eigenvalue weighted by atomic mass is 32.2. The summed E-state index contributed by atoms with van der Waals surface area (Å²) in [5.41, 5.74) is 0.849. The summed E-state index contributed by atoms with van der Waals surface area (Å²) in [4.78, 5) is 12.7. The summed E-state index contributed by atoms with van der Waals surface area (Å²) in [7, 11) is 0. The summed E-state index contributed by atoms with van der Waals surface area (Å²) in [6, 6.07) is 11.3. The number of hydrogen-bond acceptors (Lipinski definition) is 7. The topological polar surface area (TPSA) is 98.7 Å². The third-order valence-electron chi connectivity index (χ3n) is 3.68. The zero-order valence-electron chi connectivity index (χ0n) is 14.6. The molecule has 0 saturated heterocycles. The largest absolute Gasteiger partial charge is 0.360 e. The van der Waals surface area contributed by atoms with Gasteiger partial charge in [0, 0.05) is 6.07 Å². The number of aryl methyl sites for hydroxylation is 1. The lowest BCUT2D eigenvalue weighted by Gasteiger charge is -2.14. The van der Waals surface area contributed by atoms with E-state index in [1.807, 2.05) is 30.3 Å². The summed E-state index contributed by atoms with van der Waals surface area (Å²) in [5, 5.41) is 18.7. The summed E-state index contributed by atoms with van der Waals surface area (Å²) in [6.07, 6.45) is 2.64. The van der Waals surface area contributed by atoms with Crippen molar-refractivity contribution >= 4 is 23.5 Å². The van der Waals surface area contributed by atoms with Gasteiger partial charge in [0.15, 0.2) is 5.82 Å². The molecule has 0 aliphatic rings. The SMILES string of the molecule is CCCCC(Sc1nnnn1-c1ccccc1)C(=O)Nc1cc(C)on1. The fourth-order valence-electron chi connectivity index (χ4n) is 2.38. The summed E-state index contributed by atoms with van der Waals surface area (Å²) >= 11 is 1.35. The minimum Gasteiger partial charge on any atom is -0.360 e. The maximum Gasteiger partial charge on any atom is 0.239 e. The number of nitrogens with zero attached hydrogens (tertiary/aromatic N) is 5. The standard InChI is InChI=1S/C17H20N6O2S/c1-3-4-10-14(16(24)18-15-11-12(2)25-20-15)26-17-19-21-22-23(17)13-8-6-5-7-9-13/h5-9,11,14H,3-4,10H2,1-2H3,(H,18,20,24). The smallest absolute Gasteiger partial charge is 0.239 e. The molecule has 0 bridgehead atoms. The van der Waals surface area contributed by atoms with Crippen LogP contribution in [0.3, 0.4) is 0 Å². The van der Waals surface area contributed by atoms with E-state index in [1.165, 1.54) is 11.8 Å². The molecule has 26 heavy (non-hydrogen) atoms. The first-order chi connectivity index (χ1) is 12.7. The summed E-state index contributed by atoms with van der Waals surface area (Å²) in [6.45, 7) is 3.87. The number of aromatic nitrogens is 5. The average Bonchev–Trinajstić information content (AvgIpc) is 3.28. The molecule has 8 nitrogen and oxygen atoms in total. The quantitative estimate of drug-likeness (QED) is 0.606. The molecule has 0 spiro atoms. The van der Waals surface area contributed by atoms with Crippen LogP contribution in [0, 0.1) is 6.92 Å². The Balaban J connectivity index is 1.76. The van der Waals surface area contributed by atoms with Gasteiger partial charge in [-0.3, -0.25) is 4.79 Å². The van der Waals surface area contributed by atoms with Gasteiger partial charge in [-0.1, -0.05) is 54.9 Å². The second-order valence-electron chi connectivity index (χ2n) is 5.77. The van der Waals surface area contributed by atoms with Crippen molar-refractivity contribution in [3.8, 4) is 5.69 Å².